The molecule has 0 saturated carbocycles. The fourth-order valence-corrected chi connectivity index (χ4v) is 5.89. The van der Waals surface area contributed by atoms with Gasteiger partial charge in [-0.3, -0.25) is 14.6 Å². The number of Topliss-reactive ketones (excluding diaryl/α,β-unsaturated/α-hetero) is 2. The number of nitrogens with zero attached hydrogens (tertiary/aromatic N) is 1. The van der Waals surface area contributed by atoms with Crippen molar-refractivity contribution < 1.29 is 23.1 Å². The van der Waals surface area contributed by atoms with E-state index < -0.39 is 6.43 Å². The zero-order valence-electron chi connectivity index (χ0n) is 30.2. The number of rotatable bonds is 15. The van der Waals surface area contributed by atoms with Gasteiger partial charge in [0, 0.05) is 37.1 Å². The number of hydrogen-bond acceptors (Lipinski definition) is 4. The maximum atomic E-state index is 12.7. The van der Waals surface area contributed by atoms with E-state index in [9.17, 15) is 18.4 Å². The lowest BCUT2D eigenvalue weighted by Gasteiger charge is -2.17. The minimum atomic E-state index is -2.17. The molecule has 2 aromatic rings. The minimum absolute atomic E-state index is 0.175. The molecule has 4 rings (SSSR count). The largest absolute Gasteiger partial charge is 0.371 e. The van der Waals surface area contributed by atoms with E-state index in [2.05, 4.69) is 73.5 Å². The lowest BCUT2D eigenvalue weighted by atomic mass is 9.88. The van der Waals surface area contributed by atoms with Crippen LogP contribution in [0.2, 0.25) is 0 Å². The summed E-state index contributed by atoms with van der Waals surface area (Å²) in [6, 6.07) is 14.9. The van der Waals surface area contributed by atoms with Crippen LogP contribution in [0, 0.1) is 25.7 Å². The van der Waals surface area contributed by atoms with Crippen molar-refractivity contribution in [3.63, 3.8) is 0 Å². The quantitative estimate of drug-likeness (QED) is 0.141. The summed E-state index contributed by atoms with van der Waals surface area (Å²) in [4.78, 5) is 29.3. The second-order valence-corrected chi connectivity index (χ2v) is 12.7. The molecular formula is C42H57F2NO3. The summed E-state index contributed by atoms with van der Waals surface area (Å²) in [5.41, 5.74) is 8.23. The molecule has 0 aromatic heterocycles. The number of ketones is 2. The molecule has 4 nitrogen and oxygen atoms in total. The molecule has 2 unspecified atom stereocenters. The van der Waals surface area contributed by atoms with Gasteiger partial charge in [-0.2, -0.15) is 0 Å². The smallest absolute Gasteiger partial charge is 0.235 e. The Kier molecular flexibility index (Phi) is 18.8. The van der Waals surface area contributed by atoms with Crippen molar-refractivity contribution in [1.82, 2.24) is 0 Å². The summed E-state index contributed by atoms with van der Waals surface area (Å²) < 4.78 is 26.2. The molecule has 3 atom stereocenters. The average molecular weight is 662 g/mol. The number of hydrogen-bond donors (Lipinski definition) is 0. The molecule has 6 heteroatoms. The number of ether oxygens (including phenoxy) is 1. The molecule has 0 saturated heterocycles. The first-order chi connectivity index (χ1) is 23.0. The van der Waals surface area contributed by atoms with Crippen molar-refractivity contribution in [2.24, 2.45) is 16.8 Å². The Morgan fingerprint density at radius 1 is 0.958 bits per heavy atom. The first-order valence-electron chi connectivity index (χ1n) is 17.7. The molecule has 2 aliphatic rings. The zero-order valence-corrected chi connectivity index (χ0v) is 30.2. The number of aliphatic imine (C=N–C) groups is 1. The van der Waals surface area contributed by atoms with E-state index >= 15 is 0 Å². The van der Waals surface area contributed by atoms with E-state index in [-0.39, 0.29) is 17.7 Å². The maximum absolute atomic E-state index is 12.7. The fourth-order valence-electron chi connectivity index (χ4n) is 5.89. The predicted molar refractivity (Wildman–Crippen MR) is 197 cm³/mol. The molecule has 0 spiro atoms. The number of alkyl halides is 2. The van der Waals surface area contributed by atoms with Crippen molar-refractivity contribution in [3.8, 4) is 0 Å². The molecular weight excluding hydrogens is 604 g/mol. The van der Waals surface area contributed by atoms with Crippen molar-refractivity contribution in [1.29, 1.82) is 0 Å². The highest BCUT2D eigenvalue weighted by atomic mass is 19.3. The standard InChI is InChI=1S/C23H36O3.C17H17N.C2H4F2/c1-6-9-20(10-8-11-22(24)19(5)26-14-7-2)16-23(25)21-13-12-17(3)15-18(21)4;1-2-13-8-10-14(11-9-13)16-12-18-17-7-5-3-4-6-15(16)17;1-2(3)4/h12-13,15,19-20H,6-11,14,16H2,1-5H3;4-12,15H,2-3H2,1H3;2H,1H3/t19-,20?;;/m0../s1. The normalized spacial score (nSPS) is 16.0. The molecule has 0 fully saturated rings. The summed E-state index contributed by atoms with van der Waals surface area (Å²) >= 11 is 0. The fraction of sp³-hybridized carbons (Fsp3) is 0.500. The van der Waals surface area contributed by atoms with Crippen LogP contribution in [0.15, 0.2) is 78.0 Å². The number of benzene rings is 2. The van der Waals surface area contributed by atoms with Crippen LogP contribution in [-0.2, 0) is 16.0 Å². The SMILES string of the molecule is CC(F)F.CCCO[C@@H](C)C(=O)CCCC(CCC)CC(=O)c1ccc(C)cc1C.CCc1ccc(C2=CN=C3C=CCC=CC23)cc1. The highest BCUT2D eigenvalue weighted by Crippen LogP contribution is 2.32. The lowest BCUT2D eigenvalue weighted by Crippen LogP contribution is -2.21. The molecule has 0 bridgehead atoms. The second kappa shape index (κ2) is 22.2. The Morgan fingerprint density at radius 3 is 2.29 bits per heavy atom. The molecule has 48 heavy (non-hydrogen) atoms. The van der Waals surface area contributed by atoms with Crippen LogP contribution in [0.25, 0.3) is 5.57 Å². The van der Waals surface area contributed by atoms with Crippen LogP contribution in [0.3, 0.4) is 0 Å². The molecule has 2 aromatic carbocycles. The lowest BCUT2D eigenvalue weighted by molar-refractivity contribution is -0.129. The highest BCUT2D eigenvalue weighted by molar-refractivity contribution is 6.09. The first-order valence-corrected chi connectivity index (χ1v) is 17.7. The summed E-state index contributed by atoms with van der Waals surface area (Å²) in [5, 5.41) is 0. The first kappa shape index (κ1) is 40.7. The summed E-state index contributed by atoms with van der Waals surface area (Å²) in [5.74, 6) is 1.10. The van der Waals surface area contributed by atoms with Gasteiger partial charge in [0.15, 0.2) is 11.6 Å². The third-order valence-corrected chi connectivity index (χ3v) is 8.51. The third-order valence-electron chi connectivity index (χ3n) is 8.51. The van der Waals surface area contributed by atoms with Crippen molar-refractivity contribution in [2.45, 2.75) is 119 Å². The van der Waals surface area contributed by atoms with Crippen molar-refractivity contribution >= 4 is 22.9 Å². The Balaban J connectivity index is 0.000000313. The number of aryl methyl sites for hydroxylation is 3. The minimum Gasteiger partial charge on any atom is -0.371 e. The van der Waals surface area contributed by atoms with Gasteiger partial charge in [-0.15, -0.1) is 0 Å². The predicted octanol–water partition coefficient (Wildman–Crippen LogP) is 11.3. The monoisotopic (exact) mass is 661 g/mol. The van der Waals surface area contributed by atoms with Gasteiger partial charge in [-0.1, -0.05) is 99.9 Å². The van der Waals surface area contributed by atoms with Crippen LogP contribution in [0.5, 0.6) is 0 Å². The van der Waals surface area contributed by atoms with Gasteiger partial charge in [0.1, 0.15) is 6.10 Å². The zero-order chi connectivity index (χ0) is 35.5. The third kappa shape index (κ3) is 14.3. The highest BCUT2D eigenvalue weighted by Gasteiger charge is 2.23. The second-order valence-electron chi connectivity index (χ2n) is 12.7. The van der Waals surface area contributed by atoms with E-state index in [0.29, 0.717) is 31.3 Å². The van der Waals surface area contributed by atoms with Crippen LogP contribution >= 0.6 is 0 Å². The molecule has 0 N–H and O–H groups in total. The van der Waals surface area contributed by atoms with Crippen LogP contribution in [0.1, 0.15) is 119 Å². The molecule has 1 aliphatic heterocycles. The van der Waals surface area contributed by atoms with Gasteiger partial charge in [-0.25, -0.2) is 8.78 Å². The van der Waals surface area contributed by atoms with E-state index in [1.165, 1.54) is 28.0 Å². The molecule has 0 amide bonds. The van der Waals surface area contributed by atoms with Gasteiger partial charge in [0.05, 0.1) is 5.71 Å². The number of carbonyl (C=O) groups excluding carboxylic acids is 2. The van der Waals surface area contributed by atoms with Gasteiger partial charge >= 0.3 is 0 Å². The van der Waals surface area contributed by atoms with Gasteiger partial charge < -0.3 is 4.74 Å². The van der Waals surface area contributed by atoms with Gasteiger partial charge in [0.25, 0.3) is 0 Å². The average Bonchev–Trinajstić information content (AvgIpc) is 3.31. The molecule has 1 heterocycles. The Hall–Kier alpha value is -3.51. The van der Waals surface area contributed by atoms with Gasteiger partial charge in [0.2, 0.25) is 6.43 Å². The summed E-state index contributed by atoms with van der Waals surface area (Å²) in [6.07, 6.45) is 16.4. The Morgan fingerprint density at radius 2 is 1.67 bits per heavy atom. The summed E-state index contributed by atoms with van der Waals surface area (Å²) in [6.45, 7) is 13.7. The Bertz CT molecular complexity index is 1400. The van der Waals surface area contributed by atoms with Crippen LogP contribution in [0.4, 0.5) is 8.78 Å². The van der Waals surface area contributed by atoms with E-state index in [1.54, 1.807) is 0 Å². The van der Waals surface area contributed by atoms with Crippen LogP contribution < -0.4 is 0 Å². The van der Waals surface area contributed by atoms with Crippen LogP contribution in [-0.4, -0.2) is 36.4 Å². The van der Waals surface area contributed by atoms with E-state index in [4.69, 9.17) is 4.74 Å². The van der Waals surface area contributed by atoms with E-state index in [1.807, 2.05) is 46.0 Å². The number of allylic oxidation sites excluding steroid dienone is 5. The molecule has 1 aliphatic carbocycles. The Labute approximate surface area is 288 Å². The molecule has 262 valence electrons. The van der Waals surface area contributed by atoms with Crippen molar-refractivity contribution in [2.75, 3.05) is 6.61 Å². The number of carbonyl (C=O) groups is 2. The number of fused-ring (bicyclic) bond motifs is 1. The maximum Gasteiger partial charge on any atom is 0.235 e. The topological polar surface area (TPSA) is 55.7 Å². The summed E-state index contributed by atoms with van der Waals surface area (Å²) in [7, 11) is 0. The molecule has 0 radical (unpaired) electrons. The number of halogens is 2. The van der Waals surface area contributed by atoms with Gasteiger partial charge in [-0.05, 0) is 94.1 Å². The van der Waals surface area contributed by atoms with E-state index in [0.717, 1.165) is 63.0 Å². The van der Waals surface area contributed by atoms with Crippen molar-refractivity contribution in [3.05, 3.63) is 101 Å².